The van der Waals surface area contributed by atoms with Gasteiger partial charge in [-0.25, -0.2) is 4.79 Å². The van der Waals surface area contributed by atoms with Crippen molar-refractivity contribution in [2.45, 2.75) is 39.4 Å². The SMILES string of the molecule is CCn1c(S/C(=C\c2cc(C)n(-c3ccc(C)cc3)c2C)C(=O)O)nnc1-c1ccc(Cl)cc1. The van der Waals surface area contributed by atoms with E-state index in [4.69, 9.17) is 11.6 Å². The molecule has 4 rings (SSSR count). The first-order valence-electron chi connectivity index (χ1n) is 10.9. The summed E-state index contributed by atoms with van der Waals surface area (Å²) in [5.41, 5.74) is 5.96. The van der Waals surface area contributed by atoms with E-state index in [2.05, 4.69) is 46.0 Å². The number of nitrogens with zero attached hydrogens (tertiary/aromatic N) is 4. The summed E-state index contributed by atoms with van der Waals surface area (Å²) in [4.78, 5) is 12.3. The predicted octanol–water partition coefficient (Wildman–Crippen LogP) is 6.55. The van der Waals surface area contributed by atoms with Crippen molar-refractivity contribution >= 4 is 35.4 Å². The van der Waals surface area contributed by atoms with Gasteiger partial charge in [-0.1, -0.05) is 29.3 Å². The minimum absolute atomic E-state index is 0.175. The van der Waals surface area contributed by atoms with E-state index in [1.54, 1.807) is 18.2 Å². The molecule has 2 aromatic carbocycles. The molecule has 0 spiro atoms. The van der Waals surface area contributed by atoms with Crippen LogP contribution < -0.4 is 0 Å². The van der Waals surface area contributed by atoms with Gasteiger partial charge in [0.05, 0.1) is 0 Å². The van der Waals surface area contributed by atoms with E-state index in [0.29, 0.717) is 22.5 Å². The summed E-state index contributed by atoms with van der Waals surface area (Å²) >= 11 is 7.11. The Morgan fingerprint density at radius 1 is 1.06 bits per heavy atom. The zero-order chi connectivity index (χ0) is 24.4. The van der Waals surface area contributed by atoms with E-state index in [1.807, 2.05) is 43.5 Å². The number of hydrogen-bond acceptors (Lipinski definition) is 4. The maximum atomic E-state index is 12.2. The third kappa shape index (κ3) is 4.81. The van der Waals surface area contributed by atoms with Crippen LogP contribution in [0.5, 0.6) is 0 Å². The molecule has 1 N–H and O–H groups in total. The Morgan fingerprint density at radius 2 is 1.74 bits per heavy atom. The van der Waals surface area contributed by atoms with Crippen molar-refractivity contribution in [1.82, 2.24) is 19.3 Å². The van der Waals surface area contributed by atoms with Crippen LogP contribution in [0.3, 0.4) is 0 Å². The molecule has 0 unspecified atom stereocenters. The highest BCUT2D eigenvalue weighted by atomic mass is 35.5. The fourth-order valence-corrected chi connectivity index (χ4v) is 4.86. The number of aliphatic carboxylic acids is 1. The minimum Gasteiger partial charge on any atom is -0.477 e. The van der Waals surface area contributed by atoms with Crippen molar-refractivity contribution in [3.05, 3.63) is 87.0 Å². The van der Waals surface area contributed by atoms with Crippen LogP contribution in [0.15, 0.2) is 64.7 Å². The molecule has 0 aliphatic carbocycles. The normalized spacial score (nSPS) is 11.7. The van der Waals surface area contributed by atoms with Crippen molar-refractivity contribution in [1.29, 1.82) is 0 Å². The fourth-order valence-electron chi connectivity index (χ4n) is 3.86. The molecule has 2 heterocycles. The van der Waals surface area contributed by atoms with Gasteiger partial charge in [0.15, 0.2) is 11.0 Å². The highest BCUT2D eigenvalue weighted by molar-refractivity contribution is 8.04. The van der Waals surface area contributed by atoms with E-state index < -0.39 is 5.97 Å². The highest BCUT2D eigenvalue weighted by Crippen LogP contribution is 2.32. The van der Waals surface area contributed by atoms with E-state index in [1.165, 1.54) is 5.56 Å². The second kappa shape index (κ2) is 9.91. The molecule has 34 heavy (non-hydrogen) atoms. The van der Waals surface area contributed by atoms with Gasteiger partial charge in [-0.2, -0.15) is 0 Å². The smallest absolute Gasteiger partial charge is 0.342 e. The third-order valence-corrected chi connectivity index (χ3v) is 6.85. The number of hydrogen-bond donors (Lipinski definition) is 1. The predicted molar refractivity (Wildman–Crippen MR) is 138 cm³/mol. The Kier molecular flexibility index (Phi) is 6.95. The molecule has 8 heteroatoms. The first-order chi connectivity index (χ1) is 16.3. The van der Waals surface area contributed by atoms with Gasteiger partial charge >= 0.3 is 5.97 Å². The summed E-state index contributed by atoms with van der Waals surface area (Å²) in [5, 5.41) is 19.7. The quantitative estimate of drug-likeness (QED) is 0.234. The van der Waals surface area contributed by atoms with Crippen LogP contribution in [-0.4, -0.2) is 30.4 Å². The average Bonchev–Trinajstić information content (AvgIpc) is 3.34. The number of thioether (sulfide) groups is 1. The molecular weight excluding hydrogens is 468 g/mol. The molecule has 0 fully saturated rings. The Bertz CT molecular complexity index is 1370. The van der Waals surface area contributed by atoms with Crippen molar-refractivity contribution in [2.75, 3.05) is 0 Å². The van der Waals surface area contributed by atoms with E-state index in [0.717, 1.165) is 40.0 Å². The van der Waals surface area contributed by atoms with Crippen LogP contribution >= 0.6 is 23.4 Å². The lowest BCUT2D eigenvalue weighted by molar-refractivity contribution is -0.131. The fraction of sp³-hybridized carbons (Fsp3) is 0.192. The standard InChI is InChI=1S/C26H25ClN4O2S/c1-5-30-24(19-8-10-21(27)11-9-19)28-29-26(30)34-23(25(32)33)15-20-14-17(3)31(18(20)4)22-12-6-16(2)7-13-22/h6-15H,5H2,1-4H3,(H,32,33)/b23-15-. The lowest BCUT2D eigenvalue weighted by Crippen LogP contribution is -2.03. The van der Waals surface area contributed by atoms with Crippen LogP contribution in [0.25, 0.3) is 23.2 Å². The molecule has 2 aromatic heterocycles. The van der Waals surface area contributed by atoms with Crippen molar-refractivity contribution in [3.8, 4) is 17.1 Å². The number of halogens is 1. The highest BCUT2D eigenvalue weighted by Gasteiger charge is 2.19. The van der Waals surface area contributed by atoms with Crippen LogP contribution in [0.4, 0.5) is 0 Å². The number of benzene rings is 2. The lowest BCUT2D eigenvalue weighted by Gasteiger charge is -2.10. The zero-order valence-electron chi connectivity index (χ0n) is 19.4. The molecule has 0 aliphatic rings. The van der Waals surface area contributed by atoms with Gasteiger partial charge < -0.3 is 14.2 Å². The van der Waals surface area contributed by atoms with E-state index in [-0.39, 0.29) is 4.91 Å². The summed E-state index contributed by atoms with van der Waals surface area (Å²) in [6.07, 6.45) is 1.71. The monoisotopic (exact) mass is 492 g/mol. The molecule has 0 amide bonds. The first-order valence-corrected chi connectivity index (χ1v) is 12.1. The average molecular weight is 493 g/mol. The van der Waals surface area contributed by atoms with Crippen molar-refractivity contribution in [2.24, 2.45) is 0 Å². The Hall–Kier alpha value is -3.29. The van der Waals surface area contributed by atoms with Gasteiger partial charge in [-0.15, -0.1) is 10.2 Å². The molecule has 0 bridgehead atoms. The summed E-state index contributed by atoms with van der Waals surface area (Å²) in [6.45, 7) is 8.64. The number of aromatic nitrogens is 4. The van der Waals surface area contributed by atoms with Gasteiger partial charge in [0.1, 0.15) is 4.91 Å². The van der Waals surface area contributed by atoms with Gasteiger partial charge in [0, 0.05) is 34.2 Å². The number of carboxylic acid groups (broad SMARTS) is 1. The number of aryl methyl sites for hydroxylation is 2. The molecule has 0 saturated carbocycles. The topological polar surface area (TPSA) is 72.9 Å². The molecule has 4 aromatic rings. The van der Waals surface area contributed by atoms with Crippen LogP contribution in [-0.2, 0) is 11.3 Å². The Balaban J connectivity index is 1.70. The van der Waals surface area contributed by atoms with Crippen LogP contribution in [0, 0.1) is 20.8 Å². The number of carbonyl (C=O) groups is 1. The van der Waals surface area contributed by atoms with Crippen molar-refractivity contribution < 1.29 is 9.90 Å². The molecular formula is C26H25ClN4O2S. The summed E-state index contributed by atoms with van der Waals surface area (Å²) in [7, 11) is 0. The maximum Gasteiger partial charge on any atom is 0.342 e. The van der Waals surface area contributed by atoms with Gasteiger partial charge in [0.25, 0.3) is 0 Å². The second-order valence-corrected chi connectivity index (χ2v) is 9.42. The number of rotatable bonds is 7. The van der Waals surface area contributed by atoms with Gasteiger partial charge in [0.2, 0.25) is 0 Å². The molecule has 174 valence electrons. The van der Waals surface area contributed by atoms with Crippen LogP contribution in [0.1, 0.15) is 29.4 Å². The Morgan fingerprint density at radius 3 is 2.35 bits per heavy atom. The summed E-state index contributed by atoms with van der Waals surface area (Å²) in [6, 6.07) is 17.6. The lowest BCUT2D eigenvalue weighted by atomic mass is 10.2. The Labute approximate surface area is 207 Å². The second-order valence-electron chi connectivity index (χ2n) is 7.97. The first kappa shape index (κ1) is 23.9. The van der Waals surface area contributed by atoms with E-state index >= 15 is 0 Å². The molecule has 0 aliphatic heterocycles. The van der Waals surface area contributed by atoms with E-state index in [9.17, 15) is 9.90 Å². The summed E-state index contributed by atoms with van der Waals surface area (Å²) in [5.74, 6) is -0.340. The largest absolute Gasteiger partial charge is 0.477 e. The van der Waals surface area contributed by atoms with Gasteiger partial charge in [-0.05, 0) is 93.6 Å². The summed E-state index contributed by atoms with van der Waals surface area (Å²) < 4.78 is 4.03. The molecule has 0 saturated heterocycles. The minimum atomic E-state index is -1.01. The van der Waals surface area contributed by atoms with Gasteiger partial charge in [-0.3, -0.25) is 0 Å². The van der Waals surface area contributed by atoms with Crippen molar-refractivity contribution in [3.63, 3.8) is 0 Å². The van der Waals surface area contributed by atoms with Crippen LogP contribution in [0.2, 0.25) is 5.02 Å². The molecule has 6 nitrogen and oxygen atoms in total. The maximum absolute atomic E-state index is 12.2. The molecule has 0 radical (unpaired) electrons. The third-order valence-electron chi connectivity index (χ3n) is 5.60. The molecule has 0 atom stereocenters. The zero-order valence-corrected chi connectivity index (χ0v) is 21.0. The number of carboxylic acids is 1.